The minimum atomic E-state index is -0.312. The predicted octanol–water partition coefficient (Wildman–Crippen LogP) is 4.16. The predicted molar refractivity (Wildman–Crippen MR) is 143 cm³/mol. The van der Waals surface area contributed by atoms with Crippen LogP contribution in [0.15, 0.2) is 49.2 Å². The van der Waals surface area contributed by atoms with Crippen molar-refractivity contribution >= 4 is 11.4 Å². The van der Waals surface area contributed by atoms with Gasteiger partial charge in [0.1, 0.15) is 6.07 Å². The highest BCUT2D eigenvalue weighted by molar-refractivity contribution is 5.93. The van der Waals surface area contributed by atoms with Crippen molar-refractivity contribution < 1.29 is 4.79 Å². The lowest BCUT2D eigenvalue weighted by Gasteiger charge is -2.53. The van der Waals surface area contributed by atoms with Gasteiger partial charge in [-0.1, -0.05) is 6.07 Å². The lowest BCUT2D eigenvalue weighted by Crippen LogP contribution is -2.59. The summed E-state index contributed by atoms with van der Waals surface area (Å²) in [5.74, 6) is 3.42. The molecule has 3 fully saturated rings. The molecule has 0 aliphatic heterocycles. The van der Waals surface area contributed by atoms with E-state index in [1.807, 2.05) is 31.8 Å². The van der Waals surface area contributed by atoms with Crippen LogP contribution in [0.5, 0.6) is 0 Å². The summed E-state index contributed by atoms with van der Waals surface area (Å²) in [4.78, 5) is 16.8. The summed E-state index contributed by atoms with van der Waals surface area (Å²) in [6, 6.07) is 8.55. The minimum Gasteiger partial charge on any atom is -0.340 e. The van der Waals surface area contributed by atoms with Gasteiger partial charge in [0, 0.05) is 59.1 Å². The van der Waals surface area contributed by atoms with Crippen molar-refractivity contribution in [2.24, 2.45) is 24.8 Å². The summed E-state index contributed by atoms with van der Waals surface area (Å²) in [5.41, 5.74) is 5.95. The van der Waals surface area contributed by atoms with Crippen LogP contribution in [0.2, 0.25) is 0 Å². The van der Waals surface area contributed by atoms with Gasteiger partial charge >= 0.3 is 0 Å². The number of carbonyl (C=O) groups is 1. The maximum atomic E-state index is 11.9. The lowest BCUT2D eigenvalue weighted by molar-refractivity contribution is -0.120. The molecule has 4 aromatic heterocycles. The van der Waals surface area contributed by atoms with E-state index in [9.17, 15) is 10.1 Å². The average Bonchev–Trinajstić information content (AvgIpc) is 3.55. The van der Waals surface area contributed by atoms with Gasteiger partial charge in [-0.25, -0.2) is 4.52 Å². The molecule has 4 atom stereocenters. The zero-order chi connectivity index (χ0) is 26.4. The molecule has 4 heterocycles. The number of nitriles is 1. The van der Waals surface area contributed by atoms with Gasteiger partial charge in [0.05, 0.1) is 23.5 Å². The van der Waals surface area contributed by atoms with Gasteiger partial charge in [-0.05, 0) is 74.8 Å². The molecule has 8 nitrogen and oxygen atoms in total. The van der Waals surface area contributed by atoms with E-state index < -0.39 is 0 Å². The van der Waals surface area contributed by atoms with Crippen molar-refractivity contribution in [2.45, 2.75) is 44.6 Å². The Morgan fingerprint density at radius 3 is 2.71 bits per heavy atom. The minimum absolute atomic E-state index is 0.214. The second-order valence-electron chi connectivity index (χ2n) is 11.0. The largest absolute Gasteiger partial charge is 0.340 e. The van der Waals surface area contributed by atoms with Gasteiger partial charge in [0.2, 0.25) is 0 Å². The molecule has 3 saturated carbocycles. The number of nitrogens with one attached hydrogen (secondary N) is 1. The number of aromatic nitrogens is 5. The van der Waals surface area contributed by atoms with Gasteiger partial charge in [-0.3, -0.25) is 14.5 Å². The standard InChI is InChI=1S/C30H29N7O/c1-4-28(38)35-30(2)12-19-5-7-25(30)9-21(19)10-26-8-6-20(14-32-26)27-11-22(24-16-33-36(3)17-24)18-37-29(27)23(13-31)15-34-37/h1,6,8,11,14-19,21,25H,5,7,9-10,12H2,2-3H3,(H,35,38). The number of fused-ring (bicyclic) bond motifs is 4. The Balaban J connectivity index is 1.26. The van der Waals surface area contributed by atoms with Crippen LogP contribution in [0.25, 0.3) is 27.8 Å². The zero-order valence-corrected chi connectivity index (χ0v) is 21.6. The third-order valence-corrected chi connectivity index (χ3v) is 8.63. The topological polar surface area (TPSA) is 101 Å². The van der Waals surface area contributed by atoms with Gasteiger partial charge in [-0.15, -0.1) is 6.42 Å². The fourth-order valence-corrected chi connectivity index (χ4v) is 6.71. The van der Waals surface area contributed by atoms with E-state index in [1.54, 1.807) is 15.4 Å². The lowest BCUT2D eigenvalue weighted by atomic mass is 9.56. The third kappa shape index (κ3) is 4.13. The molecule has 2 bridgehead atoms. The molecule has 38 heavy (non-hydrogen) atoms. The molecule has 4 unspecified atom stereocenters. The molecule has 1 N–H and O–H groups in total. The maximum absolute atomic E-state index is 11.9. The monoisotopic (exact) mass is 503 g/mol. The van der Waals surface area contributed by atoms with E-state index in [1.165, 1.54) is 6.42 Å². The average molecular weight is 504 g/mol. The molecule has 1 amide bonds. The highest BCUT2D eigenvalue weighted by Gasteiger charge is 2.49. The molecule has 3 aliphatic carbocycles. The highest BCUT2D eigenvalue weighted by Crippen LogP contribution is 2.51. The molecular formula is C30H29N7O. The Hall–Kier alpha value is -4.43. The number of hydrogen-bond donors (Lipinski definition) is 1. The Morgan fingerprint density at radius 2 is 2.05 bits per heavy atom. The van der Waals surface area contributed by atoms with Gasteiger partial charge in [0.15, 0.2) is 0 Å². The number of aryl methyl sites for hydroxylation is 1. The van der Waals surface area contributed by atoms with Gasteiger partial charge in [0.25, 0.3) is 5.91 Å². The fourth-order valence-electron chi connectivity index (χ4n) is 6.71. The Morgan fingerprint density at radius 1 is 1.18 bits per heavy atom. The Labute approximate surface area is 221 Å². The fraction of sp³-hybridized carbons (Fsp3) is 0.367. The molecule has 3 aliphatic rings. The van der Waals surface area contributed by atoms with Crippen molar-refractivity contribution in [3.05, 3.63) is 60.4 Å². The van der Waals surface area contributed by atoms with Crippen LogP contribution in [0.4, 0.5) is 0 Å². The van der Waals surface area contributed by atoms with E-state index in [2.05, 4.69) is 52.6 Å². The second kappa shape index (κ2) is 9.15. The van der Waals surface area contributed by atoms with Gasteiger partial charge in [-0.2, -0.15) is 15.5 Å². The summed E-state index contributed by atoms with van der Waals surface area (Å²) in [6.45, 7) is 2.15. The number of amides is 1. The van der Waals surface area contributed by atoms with E-state index in [0.29, 0.717) is 23.3 Å². The smallest absolute Gasteiger partial charge is 0.296 e. The van der Waals surface area contributed by atoms with Crippen LogP contribution in [-0.4, -0.2) is 35.8 Å². The number of rotatable bonds is 5. The summed E-state index contributed by atoms with van der Waals surface area (Å²) >= 11 is 0. The van der Waals surface area contributed by atoms with E-state index in [-0.39, 0.29) is 11.4 Å². The van der Waals surface area contributed by atoms with E-state index >= 15 is 0 Å². The summed E-state index contributed by atoms with van der Waals surface area (Å²) in [6.07, 6.45) is 19.8. The molecule has 190 valence electrons. The van der Waals surface area contributed by atoms with Crippen LogP contribution in [0.3, 0.4) is 0 Å². The normalized spacial score (nSPS) is 24.2. The summed E-state index contributed by atoms with van der Waals surface area (Å²) in [7, 11) is 1.89. The van der Waals surface area contributed by atoms with Crippen LogP contribution in [0, 0.1) is 41.4 Å². The van der Waals surface area contributed by atoms with Gasteiger partial charge < -0.3 is 5.32 Å². The van der Waals surface area contributed by atoms with Crippen LogP contribution < -0.4 is 5.32 Å². The first-order chi connectivity index (χ1) is 18.4. The molecule has 0 spiro atoms. The molecule has 8 heteroatoms. The number of hydrogen-bond acceptors (Lipinski definition) is 5. The molecule has 7 rings (SSSR count). The Kier molecular flexibility index (Phi) is 5.76. The number of pyridine rings is 2. The number of nitrogens with zero attached hydrogens (tertiary/aromatic N) is 6. The summed E-state index contributed by atoms with van der Waals surface area (Å²) < 4.78 is 3.53. The van der Waals surface area contributed by atoms with Crippen molar-refractivity contribution in [3.8, 4) is 40.7 Å². The number of carbonyl (C=O) groups excluding carboxylic acids is 1. The molecule has 0 saturated heterocycles. The summed E-state index contributed by atoms with van der Waals surface area (Å²) in [5, 5.41) is 21.5. The maximum Gasteiger partial charge on any atom is 0.296 e. The quantitative estimate of drug-likeness (QED) is 0.412. The molecule has 0 aromatic carbocycles. The highest BCUT2D eigenvalue weighted by atomic mass is 16.1. The van der Waals surface area contributed by atoms with Crippen molar-refractivity contribution in [3.63, 3.8) is 0 Å². The van der Waals surface area contributed by atoms with Crippen LogP contribution in [-0.2, 0) is 18.3 Å². The van der Waals surface area contributed by atoms with Crippen molar-refractivity contribution in [1.82, 2.24) is 29.7 Å². The van der Waals surface area contributed by atoms with Crippen molar-refractivity contribution in [1.29, 1.82) is 5.26 Å². The first-order valence-corrected chi connectivity index (χ1v) is 13.0. The second-order valence-corrected chi connectivity index (χ2v) is 11.0. The van der Waals surface area contributed by atoms with Crippen molar-refractivity contribution in [2.75, 3.05) is 0 Å². The van der Waals surface area contributed by atoms with Crippen LogP contribution in [0.1, 0.15) is 43.9 Å². The first-order valence-electron chi connectivity index (χ1n) is 13.0. The molecule has 0 radical (unpaired) electrons. The molecular weight excluding hydrogens is 474 g/mol. The first kappa shape index (κ1) is 23.9. The van der Waals surface area contributed by atoms with E-state index in [4.69, 9.17) is 11.4 Å². The van der Waals surface area contributed by atoms with E-state index in [0.717, 1.165) is 59.1 Å². The molecule has 4 aromatic rings. The SMILES string of the molecule is C#CC(=O)NC1(C)CC2CCC1CC2Cc1ccc(-c2cc(-c3cnn(C)c3)cn3ncc(C#N)c23)cn1. The third-order valence-electron chi connectivity index (χ3n) is 8.63. The van der Waals surface area contributed by atoms with Crippen LogP contribution >= 0.6 is 0 Å². The zero-order valence-electron chi connectivity index (χ0n) is 21.6. The number of terminal acetylenes is 1. The Bertz CT molecular complexity index is 1620.